The molecule has 1 rings (SSSR count). The average Bonchev–Trinajstić information content (AvgIpc) is 2.26. The summed E-state index contributed by atoms with van der Waals surface area (Å²) in [5.41, 5.74) is 0. The van der Waals surface area contributed by atoms with Crippen molar-refractivity contribution < 1.29 is 9.59 Å². The highest BCUT2D eigenvalue weighted by atomic mass is 16.2. The molecular formula is C9H10N3O2. The minimum absolute atomic E-state index is 0.115. The minimum Gasteiger partial charge on any atom is -0.330 e. The molecule has 0 unspecified atom stereocenters. The number of amides is 2. The maximum Gasteiger partial charge on any atom is 0.323 e. The molecule has 5 nitrogen and oxygen atoms in total. The molecule has 14 heavy (non-hydrogen) atoms. The third kappa shape index (κ3) is 2.55. The summed E-state index contributed by atoms with van der Waals surface area (Å²) in [6, 6.07) is 4.85. The van der Waals surface area contributed by atoms with Crippen LogP contribution in [0.2, 0.25) is 0 Å². The molecule has 5 heteroatoms. The molecule has 1 N–H and O–H groups in total. The number of rotatable bonds is 3. The third-order valence-electron chi connectivity index (χ3n) is 1.61. The first-order valence-corrected chi connectivity index (χ1v) is 4.03. The molecule has 1 aromatic heterocycles. The van der Waals surface area contributed by atoms with Gasteiger partial charge in [0.15, 0.2) is 0 Å². The van der Waals surface area contributed by atoms with Crippen LogP contribution < -0.4 is 10.2 Å². The fourth-order valence-corrected chi connectivity index (χ4v) is 0.886. The van der Waals surface area contributed by atoms with Crippen LogP contribution >= 0.6 is 0 Å². The largest absolute Gasteiger partial charge is 0.330 e. The zero-order valence-electron chi connectivity index (χ0n) is 7.73. The van der Waals surface area contributed by atoms with Crippen LogP contribution in [-0.2, 0) is 4.79 Å². The average molecular weight is 192 g/mol. The van der Waals surface area contributed by atoms with Crippen LogP contribution in [0.4, 0.5) is 10.6 Å². The SMILES string of the molecule is CN(C(=O)NC[C]=O)c1ccccn1. The number of anilines is 1. The smallest absolute Gasteiger partial charge is 0.323 e. The molecule has 0 saturated heterocycles. The van der Waals surface area contributed by atoms with E-state index in [1.54, 1.807) is 37.7 Å². The van der Waals surface area contributed by atoms with Crippen LogP contribution in [0.5, 0.6) is 0 Å². The molecule has 0 aliphatic rings. The van der Waals surface area contributed by atoms with Gasteiger partial charge in [-0.25, -0.2) is 9.78 Å². The van der Waals surface area contributed by atoms with Crippen molar-refractivity contribution in [3.05, 3.63) is 24.4 Å². The predicted molar refractivity (Wildman–Crippen MR) is 51.7 cm³/mol. The van der Waals surface area contributed by atoms with Gasteiger partial charge in [0.1, 0.15) is 5.82 Å². The maximum absolute atomic E-state index is 11.3. The van der Waals surface area contributed by atoms with Crippen molar-refractivity contribution in [3.8, 4) is 0 Å². The third-order valence-corrected chi connectivity index (χ3v) is 1.61. The molecule has 0 bridgehead atoms. The van der Waals surface area contributed by atoms with E-state index in [2.05, 4.69) is 10.3 Å². The lowest BCUT2D eigenvalue weighted by Gasteiger charge is -2.15. The normalized spacial score (nSPS) is 9.21. The van der Waals surface area contributed by atoms with E-state index in [1.807, 2.05) is 0 Å². The predicted octanol–water partition coefficient (Wildman–Crippen LogP) is 0.337. The van der Waals surface area contributed by atoms with Gasteiger partial charge in [0, 0.05) is 13.2 Å². The van der Waals surface area contributed by atoms with Gasteiger partial charge in [0.2, 0.25) is 6.29 Å². The first-order valence-electron chi connectivity index (χ1n) is 4.03. The fourth-order valence-electron chi connectivity index (χ4n) is 0.886. The van der Waals surface area contributed by atoms with E-state index in [-0.39, 0.29) is 12.6 Å². The molecule has 0 atom stereocenters. The molecular weight excluding hydrogens is 182 g/mol. The topological polar surface area (TPSA) is 62.3 Å². The Kier molecular flexibility index (Phi) is 3.60. The van der Waals surface area contributed by atoms with Crippen LogP contribution in [-0.4, -0.2) is 30.9 Å². The summed E-state index contributed by atoms with van der Waals surface area (Å²) in [6.07, 6.45) is 3.16. The number of carbonyl (C=O) groups excluding carboxylic acids is 2. The standard InChI is InChI=1S/C9H10N3O2/c1-12(9(14)11-6-7-13)8-4-2-3-5-10-8/h2-5H,6H2,1H3,(H,11,14). The second kappa shape index (κ2) is 4.96. The van der Waals surface area contributed by atoms with E-state index >= 15 is 0 Å². The lowest BCUT2D eigenvalue weighted by molar-refractivity contribution is 0.248. The molecule has 0 aliphatic heterocycles. The Bertz CT molecular complexity index is 313. The van der Waals surface area contributed by atoms with Crippen LogP contribution in [0.25, 0.3) is 0 Å². The monoisotopic (exact) mass is 192 g/mol. The number of hydrogen-bond donors (Lipinski definition) is 1. The van der Waals surface area contributed by atoms with Gasteiger partial charge < -0.3 is 5.32 Å². The highest BCUT2D eigenvalue weighted by molar-refractivity contribution is 5.91. The van der Waals surface area contributed by atoms with Crippen molar-refractivity contribution in [1.82, 2.24) is 10.3 Å². The zero-order chi connectivity index (χ0) is 10.4. The van der Waals surface area contributed by atoms with Gasteiger partial charge in [-0.05, 0) is 12.1 Å². The first-order chi connectivity index (χ1) is 6.75. The number of aromatic nitrogens is 1. The van der Waals surface area contributed by atoms with Crippen LogP contribution in [0.15, 0.2) is 24.4 Å². The summed E-state index contributed by atoms with van der Waals surface area (Å²) in [4.78, 5) is 26.5. The van der Waals surface area contributed by atoms with Crippen molar-refractivity contribution in [2.24, 2.45) is 0 Å². The number of pyridine rings is 1. The zero-order valence-corrected chi connectivity index (χ0v) is 7.73. The van der Waals surface area contributed by atoms with E-state index < -0.39 is 0 Å². The maximum atomic E-state index is 11.3. The molecule has 0 aromatic carbocycles. The molecule has 1 radical (unpaired) electrons. The Labute approximate surface area is 81.7 Å². The Morgan fingerprint density at radius 2 is 2.43 bits per heavy atom. The van der Waals surface area contributed by atoms with E-state index in [1.165, 1.54) is 4.90 Å². The molecule has 2 amide bonds. The number of nitrogens with zero attached hydrogens (tertiary/aromatic N) is 2. The van der Waals surface area contributed by atoms with Crippen LogP contribution in [0.1, 0.15) is 0 Å². The lowest BCUT2D eigenvalue weighted by atomic mass is 10.4. The second-order valence-corrected chi connectivity index (χ2v) is 2.55. The Morgan fingerprint density at radius 3 is 3.00 bits per heavy atom. The second-order valence-electron chi connectivity index (χ2n) is 2.55. The summed E-state index contributed by atoms with van der Waals surface area (Å²) in [5, 5.41) is 2.35. The van der Waals surface area contributed by atoms with E-state index in [9.17, 15) is 9.59 Å². The molecule has 0 saturated carbocycles. The Balaban J connectivity index is 2.61. The molecule has 1 aromatic rings. The molecule has 73 valence electrons. The quantitative estimate of drug-likeness (QED) is 0.751. The van der Waals surface area contributed by atoms with Crippen molar-refractivity contribution in [1.29, 1.82) is 0 Å². The molecule has 1 heterocycles. The molecule has 0 fully saturated rings. The summed E-state index contributed by atoms with van der Waals surface area (Å²) >= 11 is 0. The summed E-state index contributed by atoms with van der Waals surface area (Å²) < 4.78 is 0. The fraction of sp³-hybridized carbons (Fsp3) is 0.222. The summed E-state index contributed by atoms with van der Waals surface area (Å²) in [6.45, 7) is -0.115. The minimum atomic E-state index is -0.382. The summed E-state index contributed by atoms with van der Waals surface area (Å²) in [7, 11) is 1.57. The van der Waals surface area contributed by atoms with E-state index in [4.69, 9.17) is 0 Å². The van der Waals surface area contributed by atoms with Gasteiger partial charge in [-0.15, -0.1) is 0 Å². The Hall–Kier alpha value is -1.91. The van der Waals surface area contributed by atoms with Crippen LogP contribution in [0.3, 0.4) is 0 Å². The van der Waals surface area contributed by atoms with Gasteiger partial charge in [0.25, 0.3) is 0 Å². The molecule has 0 spiro atoms. The van der Waals surface area contributed by atoms with Crippen molar-refractivity contribution in [3.63, 3.8) is 0 Å². The van der Waals surface area contributed by atoms with Gasteiger partial charge in [-0.3, -0.25) is 9.69 Å². The number of hydrogen-bond acceptors (Lipinski definition) is 3. The summed E-state index contributed by atoms with van der Waals surface area (Å²) in [5.74, 6) is 0.524. The van der Waals surface area contributed by atoms with Crippen LogP contribution in [0, 0.1) is 0 Å². The van der Waals surface area contributed by atoms with Gasteiger partial charge >= 0.3 is 6.03 Å². The lowest BCUT2D eigenvalue weighted by Crippen LogP contribution is -2.38. The highest BCUT2D eigenvalue weighted by Crippen LogP contribution is 2.05. The Morgan fingerprint density at radius 1 is 1.64 bits per heavy atom. The highest BCUT2D eigenvalue weighted by Gasteiger charge is 2.09. The number of nitrogens with one attached hydrogen (secondary N) is 1. The van der Waals surface area contributed by atoms with Crippen molar-refractivity contribution in [2.75, 3.05) is 18.5 Å². The van der Waals surface area contributed by atoms with Gasteiger partial charge in [-0.1, -0.05) is 6.07 Å². The van der Waals surface area contributed by atoms with E-state index in [0.29, 0.717) is 5.82 Å². The van der Waals surface area contributed by atoms with Gasteiger partial charge in [-0.2, -0.15) is 0 Å². The van der Waals surface area contributed by atoms with Crippen molar-refractivity contribution >= 4 is 18.1 Å². The van der Waals surface area contributed by atoms with E-state index in [0.717, 1.165) is 0 Å². The first kappa shape index (κ1) is 10.2. The number of urea groups is 1. The van der Waals surface area contributed by atoms with Gasteiger partial charge in [0.05, 0.1) is 6.54 Å². The molecule has 0 aliphatic carbocycles. The number of carbonyl (C=O) groups is 1. The van der Waals surface area contributed by atoms with Crippen molar-refractivity contribution in [2.45, 2.75) is 0 Å².